The van der Waals surface area contributed by atoms with Crippen molar-refractivity contribution < 1.29 is 0 Å². The summed E-state index contributed by atoms with van der Waals surface area (Å²) in [6.45, 7) is 6.57. The number of anilines is 2. The molecule has 24 heavy (non-hydrogen) atoms. The monoisotopic (exact) mass is 349 g/mol. The molecule has 1 aliphatic rings. The van der Waals surface area contributed by atoms with Crippen LogP contribution in [0.4, 0.5) is 11.4 Å². The first-order valence-corrected chi connectivity index (χ1v) is 11.0. The summed E-state index contributed by atoms with van der Waals surface area (Å²) in [6, 6.07) is 19.5. The molecule has 0 unspecified atom stereocenters. The minimum atomic E-state index is -2.07. The molecule has 4 rings (SSSR count). The van der Waals surface area contributed by atoms with E-state index in [-0.39, 0.29) is 0 Å². The van der Waals surface area contributed by atoms with Gasteiger partial charge in [-0.3, -0.25) is 0 Å². The molecule has 3 heteroatoms. The molecule has 0 radical (unpaired) electrons. The van der Waals surface area contributed by atoms with Crippen molar-refractivity contribution in [2.45, 2.75) is 20.8 Å². The molecule has 1 N–H and O–H groups in total. The van der Waals surface area contributed by atoms with Crippen molar-refractivity contribution in [3.8, 4) is 0 Å². The van der Waals surface area contributed by atoms with Crippen molar-refractivity contribution >= 4 is 45.1 Å². The van der Waals surface area contributed by atoms with Gasteiger partial charge in [0.1, 0.15) is 0 Å². The highest BCUT2D eigenvalue weighted by atomic mass is 32.4. The molecule has 0 saturated carbocycles. The molecule has 0 atom stereocenters. The molecule has 1 aliphatic heterocycles. The number of hydrogen-bond donors (Lipinski definition) is 1. The van der Waals surface area contributed by atoms with E-state index in [1.807, 2.05) is 0 Å². The predicted molar refractivity (Wildman–Crippen MR) is 110 cm³/mol. The van der Waals surface area contributed by atoms with Gasteiger partial charge in [-0.15, -0.1) is 0 Å². The highest BCUT2D eigenvalue weighted by Crippen LogP contribution is 2.51. The Morgan fingerprint density at radius 3 is 1.71 bits per heavy atom. The highest BCUT2D eigenvalue weighted by Gasteiger charge is 2.35. The Morgan fingerprint density at radius 1 is 0.750 bits per heavy atom. The smallest absolute Gasteiger partial charge is 0.0476 e. The minimum Gasteiger partial charge on any atom is -0.354 e. The predicted octanol–water partition coefficient (Wildman–Crippen LogP) is 4.42. The molecular weight excluding hydrogens is 329 g/mol. The molecule has 1 nitrogen and oxygen atoms in total. The summed E-state index contributed by atoms with van der Waals surface area (Å²) in [4.78, 5) is 0. The van der Waals surface area contributed by atoms with E-state index < -0.39 is 6.04 Å². The van der Waals surface area contributed by atoms with Crippen molar-refractivity contribution in [3.63, 3.8) is 0 Å². The van der Waals surface area contributed by atoms with Gasteiger partial charge in [0.15, 0.2) is 0 Å². The fraction of sp³-hybridized carbons (Fsp3) is 0.143. The Balaban J connectivity index is 2.14. The maximum absolute atomic E-state index is 6.52. The molecule has 0 aliphatic carbocycles. The SMILES string of the molecule is Cc1cc(C)c(P2(=S)c3ccccc3Nc3ccccc32)c(C)c1. The summed E-state index contributed by atoms with van der Waals surface area (Å²) in [5, 5.41) is 7.47. The van der Waals surface area contributed by atoms with Crippen molar-refractivity contribution in [2.75, 3.05) is 5.32 Å². The summed E-state index contributed by atoms with van der Waals surface area (Å²) in [5.74, 6) is 0. The van der Waals surface area contributed by atoms with E-state index in [4.69, 9.17) is 11.8 Å². The van der Waals surface area contributed by atoms with Gasteiger partial charge in [0, 0.05) is 28.0 Å². The second-order valence-corrected chi connectivity index (χ2v) is 10.8. The first-order valence-electron chi connectivity index (χ1n) is 8.16. The Kier molecular flexibility index (Phi) is 3.63. The van der Waals surface area contributed by atoms with Gasteiger partial charge >= 0.3 is 0 Å². The maximum atomic E-state index is 6.52. The Labute approximate surface area is 148 Å². The number of rotatable bonds is 1. The van der Waals surface area contributed by atoms with Crippen LogP contribution in [-0.4, -0.2) is 0 Å². The molecule has 0 fully saturated rings. The van der Waals surface area contributed by atoms with E-state index in [2.05, 4.69) is 86.8 Å². The summed E-state index contributed by atoms with van der Waals surface area (Å²) < 4.78 is 0. The van der Waals surface area contributed by atoms with Crippen LogP contribution in [0.15, 0.2) is 60.7 Å². The third-order valence-electron chi connectivity index (χ3n) is 4.71. The number of hydrogen-bond acceptors (Lipinski definition) is 2. The van der Waals surface area contributed by atoms with Crippen LogP contribution >= 0.6 is 6.04 Å². The highest BCUT2D eigenvalue weighted by molar-refractivity contribution is 8.25. The van der Waals surface area contributed by atoms with E-state index in [0.717, 1.165) is 11.4 Å². The first-order chi connectivity index (χ1) is 11.5. The Hall–Kier alpha value is -1.89. The fourth-order valence-electron chi connectivity index (χ4n) is 3.89. The third kappa shape index (κ3) is 2.17. The van der Waals surface area contributed by atoms with Gasteiger partial charge in [0.05, 0.1) is 0 Å². The number of benzene rings is 3. The van der Waals surface area contributed by atoms with Gasteiger partial charge < -0.3 is 5.32 Å². The summed E-state index contributed by atoms with van der Waals surface area (Å²) in [7, 11) is 0. The molecule has 0 spiro atoms. The topological polar surface area (TPSA) is 12.0 Å². The number of para-hydroxylation sites is 2. The fourth-order valence-corrected chi connectivity index (χ4v) is 9.11. The van der Waals surface area contributed by atoms with Gasteiger partial charge in [0.2, 0.25) is 0 Å². The Bertz CT molecular complexity index is 934. The van der Waals surface area contributed by atoms with Gasteiger partial charge in [-0.25, -0.2) is 0 Å². The molecule has 1 heterocycles. The zero-order chi connectivity index (χ0) is 16.9. The van der Waals surface area contributed by atoms with Gasteiger partial charge in [-0.2, -0.15) is 0 Å². The molecule has 0 aromatic heterocycles. The zero-order valence-electron chi connectivity index (χ0n) is 14.1. The van der Waals surface area contributed by atoms with Gasteiger partial charge in [-0.05, 0) is 49.3 Å². The molecule has 0 amide bonds. The van der Waals surface area contributed by atoms with Crippen LogP contribution in [0.1, 0.15) is 16.7 Å². The summed E-state index contributed by atoms with van der Waals surface area (Å²) in [5.41, 5.74) is 6.22. The van der Waals surface area contributed by atoms with Crippen molar-refractivity contribution in [2.24, 2.45) is 0 Å². The van der Waals surface area contributed by atoms with Crippen LogP contribution in [0.5, 0.6) is 0 Å². The van der Waals surface area contributed by atoms with E-state index in [1.54, 1.807) is 0 Å². The lowest BCUT2D eigenvalue weighted by atomic mass is 10.1. The average molecular weight is 349 g/mol. The summed E-state index contributed by atoms with van der Waals surface area (Å²) >= 11 is 6.52. The molecule has 0 saturated heterocycles. The normalized spacial score (nSPS) is 14.5. The zero-order valence-corrected chi connectivity index (χ0v) is 15.8. The lowest BCUT2D eigenvalue weighted by Crippen LogP contribution is -2.34. The van der Waals surface area contributed by atoms with Gasteiger partial charge in [-0.1, -0.05) is 65.9 Å². The third-order valence-corrected chi connectivity index (χ3v) is 9.91. The number of nitrogens with one attached hydrogen (secondary N) is 1. The van der Waals surface area contributed by atoms with Crippen LogP contribution in [0.25, 0.3) is 0 Å². The Morgan fingerprint density at radius 2 is 1.21 bits per heavy atom. The molecular formula is C21H20NPS. The quantitative estimate of drug-likeness (QED) is 0.511. The van der Waals surface area contributed by atoms with E-state index >= 15 is 0 Å². The lowest BCUT2D eigenvalue weighted by Gasteiger charge is -2.35. The van der Waals surface area contributed by atoms with E-state index in [0.29, 0.717) is 0 Å². The number of aryl methyl sites for hydroxylation is 3. The largest absolute Gasteiger partial charge is 0.354 e. The van der Waals surface area contributed by atoms with Crippen LogP contribution in [-0.2, 0) is 11.8 Å². The van der Waals surface area contributed by atoms with Crippen LogP contribution in [0.3, 0.4) is 0 Å². The van der Waals surface area contributed by atoms with Crippen molar-refractivity contribution in [3.05, 3.63) is 77.4 Å². The van der Waals surface area contributed by atoms with Crippen LogP contribution in [0, 0.1) is 20.8 Å². The average Bonchev–Trinajstić information content (AvgIpc) is 2.54. The summed E-state index contributed by atoms with van der Waals surface area (Å²) in [6.07, 6.45) is 0. The van der Waals surface area contributed by atoms with Crippen LogP contribution < -0.4 is 21.2 Å². The van der Waals surface area contributed by atoms with Crippen molar-refractivity contribution in [1.82, 2.24) is 0 Å². The second-order valence-electron chi connectivity index (χ2n) is 6.52. The molecule has 3 aromatic rings. The van der Waals surface area contributed by atoms with Crippen molar-refractivity contribution in [1.29, 1.82) is 0 Å². The molecule has 120 valence electrons. The molecule has 3 aromatic carbocycles. The van der Waals surface area contributed by atoms with Crippen LogP contribution in [0.2, 0.25) is 0 Å². The number of fused-ring (bicyclic) bond motifs is 2. The minimum absolute atomic E-state index is 1.15. The second kappa shape index (κ2) is 5.58. The maximum Gasteiger partial charge on any atom is 0.0476 e. The lowest BCUT2D eigenvalue weighted by molar-refractivity contribution is 1.35. The first kappa shape index (κ1) is 15.6. The van der Waals surface area contributed by atoms with Gasteiger partial charge in [0.25, 0.3) is 0 Å². The van der Waals surface area contributed by atoms with E-state index in [9.17, 15) is 0 Å². The molecule has 0 bridgehead atoms. The van der Waals surface area contributed by atoms with E-state index in [1.165, 1.54) is 32.6 Å². The standard InChI is InChI=1S/C21H20NPS/c1-14-12-15(2)21(16(3)13-14)23(24)19-10-6-4-8-17(19)22-18-9-5-7-11-20(18)23/h4-13,22H,1-3H3.